The summed E-state index contributed by atoms with van der Waals surface area (Å²) in [6.07, 6.45) is 9.36. The van der Waals surface area contributed by atoms with Gasteiger partial charge in [0.15, 0.2) is 0 Å². The second-order valence-corrected chi connectivity index (χ2v) is 9.40. The number of carboxylic acids is 1. The summed E-state index contributed by atoms with van der Waals surface area (Å²) in [5.74, 6) is 0.0945. The van der Waals surface area contributed by atoms with Crippen molar-refractivity contribution in [3.63, 3.8) is 0 Å². The van der Waals surface area contributed by atoms with Gasteiger partial charge in [0, 0.05) is 31.0 Å². The number of nitrogens with two attached hydrogens (primary N) is 1. The third kappa shape index (κ3) is 6.66. The Hall–Kier alpha value is -1.18. The molecule has 1 aliphatic carbocycles. The molecule has 0 aromatic rings. The molecule has 168 valence electrons. The van der Waals surface area contributed by atoms with Gasteiger partial charge in [0.1, 0.15) is 0 Å². The van der Waals surface area contributed by atoms with Gasteiger partial charge in [-0.3, -0.25) is 14.9 Å². The molecule has 1 amide bonds. The lowest BCUT2D eigenvalue weighted by atomic mass is 9.64. The van der Waals surface area contributed by atoms with Crippen molar-refractivity contribution >= 4 is 11.9 Å². The van der Waals surface area contributed by atoms with E-state index in [4.69, 9.17) is 10.8 Å². The monoisotopic (exact) mass is 410 g/mol. The van der Waals surface area contributed by atoms with Crippen LogP contribution in [0.1, 0.15) is 84.5 Å². The lowest BCUT2D eigenvalue weighted by molar-refractivity contribution is -0.137. The van der Waals surface area contributed by atoms with Gasteiger partial charge in [-0.1, -0.05) is 20.3 Å². The maximum atomic E-state index is 12.5. The molecule has 1 saturated carbocycles. The molecule has 0 bridgehead atoms. The third-order valence-corrected chi connectivity index (χ3v) is 7.34. The molecule has 1 saturated heterocycles. The number of hydrogen-bond donors (Lipinski definition) is 5. The fourth-order valence-corrected chi connectivity index (χ4v) is 5.65. The van der Waals surface area contributed by atoms with Crippen molar-refractivity contribution in [3.8, 4) is 0 Å². The van der Waals surface area contributed by atoms with Crippen molar-refractivity contribution in [2.45, 2.75) is 102 Å². The molecular weight excluding hydrogens is 368 g/mol. The molecule has 6 N–H and O–H groups in total. The van der Waals surface area contributed by atoms with Gasteiger partial charge in [0.2, 0.25) is 5.91 Å². The molecule has 0 aromatic carbocycles. The summed E-state index contributed by atoms with van der Waals surface area (Å²) in [6.45, 7) is 5.22. The molecule has 2 aliphatic rings. The quantitative estimate of drug-likeness (QED) is 0.377. The fraction of sp³-hybridized carbons (Fsp3) is 0.909. The molecule has 7 heteroatoms. The Morgan fingerprint density at radius 2 is 1.93 bits per heavy atom. The molecule has 7 nitrogen and oxygen atoms in total. The van der Waals surface area contributed by atoms with E-state index in [0.717, 1.165) is 51.5 Å². The lowest BCUT2D eigenvalue weighted by Crippen LogP contribution is -2.65. The third-order valence-electron chi connectivity index (χ3n) is 7.34. The average molecular weight is 411 g/mol. The van der Waals surface area contributed by atoms with Crippen molar-refractivity contribution in [1.82, 2.24) is 16.0 Å². The highest BCUT2D eigenvalue weighted by atomic mass is 16.4. The topological polar surface area (TPSA) is 116 Å². The maximum absolute atomic E-state index is 12.5. The van der Waals surface area contributed by atoms with Gasteiger partial charge in [0.25, 0.3) is 0 Å². The molecule has 1 heterocycles. The highest BCUT2D eigenvalue weighted by Crippen LogP contribution is 2.42. The molecule has 5 atom stereocenters. The summed E-state index contributed by atoms with van der Waals surface area (Å²) in [5, 5.41) is 19.0. The summed E-state index contributed by atoms with van der Waals surface area (Å²) in [4.78, 5) is 23.2. The normalized spacial score (nSPS) is 35.2. The minimum absolute atomic E-state index is 0.00798. The first-order valence-corrected chi connectivity index (χ1v) is 11.5. The molecule has 2 rings (SSSR count). The zero-order valence-corrected chi connectivity index (χ0v) is 18.6. The summed E-state index contributed by atoms with van der Waals surface area (Å²) < 4.78 is 0. The number of likely N-dealkylation sites (N-methyl/N-ethyl adjacent to an activating group) is 1. The number of carboxylic acid groups (broad SMARTS) is 1. The van der Waals surface area contributed by atoms with Crippen LogP contribution in [0.4, 0.5) is 0 Å². The zero-order chi connectivity index (χ0) is 21.5. The van der Waals surface area contributed by atoms with E-state index in [0.29, 0.717) is 24.3 Å². The second-order valence-electron chi connectivity index (χ2n) is 9.40. The van der Waals surface area contributed by atoms with Crippen LogP contribution < -0.4 is 21.7 Å². The molecule has 1 aliphatic heterocycles. The predicted molar refractivity (Wildman–Crippen MR) is 115 cm³/mol. The summed E-state index contributed by atoms with van der Waals surface area (Å²) >= 11 is 0. The largest absolute Gasteiger partial charge is 0.481 e. The van der Waals surface area contributed by atoms with Crippen LogP contribution in [-0.2, 0) is 9.59 Å². The Kier molecular flexibility index (Phi) is 8.91. The van der Waals surface area contributed by atoms with Gasteiger partial charge in [-0.25, -0.2) is 0 Å². The lowest BCUT2D eigenvalue weighted by Gasteiger charge is -2.49. The molecular formula is C22H42N4O3. The molecule has 0 radical (unpaired) electrons. The summed E-state index contributed by atoms with van der Waals surface area (Å²) in [7, 11) is 1.94. The Labute approximate surface area is 175 Å². The molecule has 0 aromatic heterocycles. The van der Waals surface area contributed by atoms with Crippen molar-refractivity contribution in [2.75, 3.05) is 13.6 Å². The van der Waals surface area contributed by atoms with Gasteiger partial charge in [-0.05, 0) is 70.3 Å². The fourth-order valence-electron chi connectivity index (χ4n) is 5.65. The highest BCUT2D eigenvalue weighted by Gasteiger charge is 2.44. The van der Waals surface area contributed by atoms with Crippen LogP contribution in [0.2, 0.25) is 0 Å². The number of rotatable bonds is 10. The van der Waals surface area contributed by atoms with E-state index in [9.17, 15) is 9.59 Å². The Morgan fingerprint density at radius 3 is 2.59 bits per heavy atom. The van der Waals surface area contributed by atoms with E-state index in [1.54, 1.807) is 0 Å². The van der Waals surface area contributed by atoms with Gasteiger partial charge in [0.05, 0.1) is 5.66 Å². The zero-order valence-electron chi connectivity index (χ0n) is 18.6. The van der Waals surface area contributed by atoms with Gasteiger partial charge < -0.3 is 21.5 Å². The standard InChI is InChI=1S/C22H42N4O3/c1-4-21(26-19(27)10-5-11-20(28)29)12-6-8-17(16(21)2)14-18-9-7-13-22(23,25-18)15-24-3/h16-18,24-25H,4-15,23H2,1-3H3,(H,26,27)(H,28,29). The molecule has 5 unspecified atom stereocenters. The minimum Gasteiger partial charge on any atom is -0.481 e. The first-order chi connectivity index (χ1) is 13.7. The predicted octanol–water partition coefficient (Wildman–Crippen LogP) is 2.35. The second kappa shape index (κ2) is 10.7. The van der Waals surface area contributed by atoms with Crippen molar-refractivity contribution in [1.29, 1.82) is 0 Å². The van der Waals surface area contributed by atoms with E-state index in [2.05, 4.69) is 29.8 Å². The number of hydrogen-bond acceptors (Lipinski definition) is 5. The van der Waals surface area contributed by atoms with Crippen molar-refractivity contribution in [3.05, 3.63) is 0 Å². The Morgan fingerprint density at radius 1 is 1.21 bits per heavy atom. The van der Waals surface area contributed by atoms with E-state index < -0.39 is 5.97 Å². The van der Waals surface area contributed by atoms with E-state index >= 15 is 0 Å². The van der Waals surface area contributed by atoms with Crippen LogP contribution >= 0.6 is 0 Å². The van der Waals surface area contributed by atoms with Crippen LogP contribution in [0.15, 0.2) is 0 Å². The average Bonchev–Trinajstić information content (AvgIpc) is 2.65. The van der Waals surface area contributed by atoms with Gasteiger partial charge >= 0.3 is 5.97 Å². The molecule has 29 heavy (non-hydrogen) atoms. The first-order valence-electron chi connectivity index (χ1n) is 11.5. The van der Waals surface area contributed by atoms with E-state index in [1.165, 1.54) is 6.42 Å². The maximum Gasteiger partial charge on any atom is 0.303 e. The van der Waals surface area contributed by atoms with Crippen LogP contribution in [0, 0.1) is 11.8 Å². The smallest absolute Gasteiger partial charge is 0.303 e. The number of nitrogens with one attached hydrogen (secondary N) is 3. The number of amides is 1. The van der Waals surface area contributed by atoms with Gasteiger partial charge in [-0.15, -0.1) is 0 Å². The highest BCUT2D eigenvalue weighted by molar-refractivity contribution is 5.77. The number of carbonyl (C=O) groups excluding carboxylic acids is 1. The Balaban J connectivity index is 1.97. The van der Waals surface area contributed by atoms with Crippen LogP contribution in [0.3, 0.4) is 0 Å². The van der Waals surface area contributed by atoms with Crippen molar-refractivity contribution < 1.29 is 14.7 Å². The molecule has 0 spiro atoms. The van der Waals surface area contributed by atoms with E-state index in [-0.39, 0.29) is 30.0 Å². The van der Waals surface area contributed by atoms with E-state index in [1.807, 2.05) is 7.05 Å². The van der Waals surface area contributed by atoms with Crippen molar-refractivity contribution in [2.24, 2.45) is 17.6 Å². The Bertz CT molecular complexity index is 554. The SMILES string of the molecule is CCC1(NC(=O)CCCC(=O)O)CCCC(CC2CCCC(N)(CNC)N2)C1C. The first kappa shape index (κ1) is 24.1. The minimum atomic E-state index is -0.844. The van der Waals surface area contributed by atoms with Crippen LogP contribution in [0.25, 0.3) is 0 Å². The van der Waals surface area contributed by atoms with Crippen LogP contribution in [0.5, 0.6) is 0 Å². The number of aliphatic carboxylic acids is 1. The summed E-state index contributed by atoms with van der Waals surface area (Å²) in [6, 6.07) is 0.425. The summed E-state index contributed by atoms with van der Waals surface area (Å²) in [5.41, 5.74) is 6.04. The van der Waals surface area contributed by atoms with Gasteiger partial charge in [-0.2, -0.15) is 0 Å². The molecule has 2 fully saturated rings. The van der Waals surface area contributed by atoms with Crippen LogP contribution in [-0.4, -0.2) is 47.8 Å². The number of piperidine rings is 1. The number of carbonyl (C=O) groups is 2.